The lowest BCUT2D eigenvalue weighted by molar-refractivity contribution is 0.283. The molecule has 1 aliphatic rings. The molecule has 1 atom stereocenters. The van der Waals surface area contributed by atoms with Crippen LogP contribution in [0.4, 0.5) is 0 Å². The number of nitrogens with one attached hydrogen (secondary N) is 1. The zero-order valence-corrected chi connectivity index (χ0v) is 16.1. The number of sulfonamides is 1. The van der Waals surface area contributed by atoms with Crippen molar-refractivity contribution in [2.45, 2.75) is 49.4 Å². The zero-order chi connectivity index (χ0) is 15.6. The van der Waals surface area contributed by atoms with Gasteiger partial charge in [0.05, 0.1) is 8.81 Å². The van der Waals surface area contributed by atoms with E-state index >= 15 is 0 Å². The smallest absolute Gasteiger partial charge is 0.252 e. The molecule has 0 aliphatic carbocycles. The maximum atomic E-state index is 12.8. The van der Waals surface area contributed by atoms with Crippen LogP contribution in [0.1, 0.15) is 33.1 Å². The average Bonchev–Trinajstić information content (AvgIpc) is 2.77. The normalized spacial score (nSPS) is 20.4. The molecule has 0 amide bonds. The predicted molar refractivity (Wildman–Crippen MR) is 91.7 cm³/mol. The predicted octanol–water partition coefficient (Wildman–Crippen LogP) is 3.71. The highest BCUT2D eigenvalue weighted by molar-refractivity contribution is 9.11. The second-order valence-corrected chi connectivity index (χ2v) is 10.4. The summed E-state index contributed by atoms with van der Waals surface area (Å²) >= 11 is 10.4. The number of nitrogens with zero attached hydrogens (tertiary/aromatic N) is 1. The molecule has 0 aromatic carbocycles. The molecule has 1 N–H and O–H groups in total. The molecule has 0 spiro atoms. The van der Waals surface area contributed by atoms with E-state index in [-0.39, 0.29) is 12.1 Å². The van der Waals surface area contributed by atoms with E-state index in [1.807, 2.05) is 13.8 Å². The van der Waals surface area contributed by atoms with Gasteiger partial charge in [0, 0.05) is 18.6 Å². The highest BCUT2D eigenvalue weighted by Gasteiger charge is 2.31. The lowest BCUT2D eigenvalue weighted by Gasteiger charge is -2.32. The summed E-state index contributed by atoms with van der Waals surface area (Å²) in [6.45, 7) is 5.29. The Morgan fingerprint density at radius 2 is 2.24 bits per heavy atom. The van der Waals surface area contributed by atoms with Gasteiger partial charge < -0.3 is 5.32 Å². The average molecular weight is 416 g/mol. The molecule has 4 nitrogen and oxygen atoms in total. The van der Waals surface area contributed by atoms with Gasteiger partial charge in [-0.3, -0.25) is 0 Å². The Hall–Kier alpha value is 0.340. The molecule has 1 aromatic rings. The summed E-state index contributed by atoms with van der Waals surface area (Å²) in [6.07, 6.45) is 3.34. The highest BCUT2D eigenvalue weighted by atomic mass is 79.9. The second kappa shape index (κ2) is 7.27. The Bertz CT molecular complexity index is 563. The molecule has 1 aliphatic heterocycles. The fourth-order valence-corrected chi connectivity index (χ4v) is 6.66. The van der Waals surface area contributed by atoms with E-state index in [9.17, 15) is 8.42 Å². The second-order valence-electron chi connectivity index (χ2n) is 5.50. The molecule has 2 heterocycles. The van der Waals surface area contributed by atoms with Crippen molar-refractivity contribution in [1.29, 1.82) is 0 Å². The maximum absolute atomic E-state index is 12.8. The van der Waals surface area contributed by atoms with E-state index in [0.29, 0.717) is 19.6 Å². The first-order valence-electron chi connectivity index (χ1n) is 7.02. The first kappa shape index (κ1) is 17.7. The van der Waals surface area contributed by atoms with Gasteiger partial charge in [-0.15, -0.1) is 11.3 Å². The molecule has 0 radical (unpaired) electrons. The third-order valence-electron chi connectivity index (χ3n) is 3.57. The molecular weight excluding hydrogens is 396 g/mol. The number of rotatable bonds is 5. The van der Waals surface area contributed by atoms with Crippen LogP contribution in [-0.2, 0) is 10.0 Å². The van der Waals surface area contributed by atoms with Gasteiger partial charge in [-0.05, 0) is 55.2 Å². The van der Waals surface area contributed by atoms with E-state index < -0.39 is 10.0 Å². The van der Waals surface area contributed by atoms with Gasteiger partial charge in [-0.1, -0.05) is 18.0 Å². The van der Waals surface area contributed by atoms with Crippen molar-refractivity contribution in [3.05, 3.63) is 14.9 Å². The fourth-order valence-electron chi connectivity index (χ4n) is 2.45. The number of halogens is 2. The van der Waals surface area contributed by atoms with Crippen LogP contribution in [0.25, 0.3) is 0 Å². The van der Waals surface area contributed by atoms with Crippen molar-refractivity contribution in [2.24, 2.45) is 0 Å². The molecule has 1 aromatic heterocycles. The quantitative estimate of drug-likeness (QED) is 0.797. The third kappa shape index (κ3) is 4.20. The lowest BCUT2D eigenvalue weighted by Crippen LogP contribution is -2.48. The van der Waals surface area contributed by atoms with Crippen molar-refractivity contribution >= 4 is 48.9 Å². The van der Waals surface area contributed by atoms with Gasteiger partial charge in [0.1, 0.15) is 4.21 Å². The van der Waals surface area contributed by atoms with Gasteiger partial charge in [-0.25, -0.2) is 8.42 Å². The summed E-state index contributed by atoms with van der Waals surface area (Å²) in [5, 5.41) is 3.85. The topological polar surface area (TPSA) is 49.4 Å². The van der Waals surface area contributed by atoms with Crippen LogP contribution in [0, 0.1) is 0 Å². The standard InChI is InChI=1S/C13H20BrClN2O2S2/c1-9(2)17(8-10-5-3-4-6-16-10)21(18,19)12-7-11(15)13(14)20-12/h7,9-10,16H,3-6,8H2,1-2H3. The van der Waals surface area contributed by atoms with Crippen molar-refractivity contribution in [3.8, 4) is 0 Å². The van der Waals surface area contributed by atoms with Crippen LogP contribution < -0.4 is 5.32 Å². The summed E-state index contributed by atoms with van der Waals surface area (Å²) in [7, 11) is -3.50. The minimum atomic E-state index is -3.50. The Kier molecular flexibility index (Phi) is 6.13. The lowest BCUT2D eigenvalue weighted by atomic mass is 10.1. The molecule has 2 rings (SSSR count). The van der Waals surface area contributed by atoms with Crippen LogP contribution in [0.2, 0.25) is 5.02 Å². The van der Waals surface area contributed by atoms with E-state index in [4.69, 9.17) is 11.6 Å². The summed E-state index contributed by atoms with van der Waals surface area (Å²) in [4.78, 5) is 0. The molecule has 8 heteroatoms. The summed E-state index contributed by atoms with van der Waals surface area (Å²) in [6, 6.07) is 1.67. The Balaban J connectivity index is 2.23. The maximum Gasteiger partial charge on any atom is 0.252 e. The van der Waals surface area contributed by atoms with E-state index in [2.05, 4.69) is 21.2 Å². The fraction of sp³-hybridized carbons (Fsp3) is 0.692. The molecule has 120 valence electrons. The van der Waals surface area contributed by atoms with Crippen molar-refractivity contribution in [3.63, 3.8) is 0 Å². The van der Waals surface area contributed by atoms with Crippen LogP contribution in [0.15, 0.2) is 14.1 Å². The van der Waals surface area contributed by atoms with Gasteiger partial charge in [0.15, 0.2) is 0 Å². The van der Waals surface area contributed by atoms with Gasteiger partial charge in [0.2, 0.25) is 0 Å². The van der Waals surface area contributed by atoms with Crippen molar-refractivity contribution < 1.29 is 8.42 Å². The van der Waals surface area contributed by atoms with E-state index in [1.165, 1.54) is 12.5 Å². The number of piperidine rings is 1. The van der Waals surface area contributed by atoms with Gasteiger partial charge in [0.25, 0.3) is 10.0 Å². The first-order valence-corrected chi connectivity index (χ1v) is 10.4. The summed E-state index contributed by atoms with van der Waals surface area (Å²) < 4.78 is 28.2. The molecule has 1 saturated heterocycles. The highest BCUT2D eigenvalue weighted by Crippen LogP contribution is 2.36. The van der Waals surface area contributed by atoms with E-state index in [1.54, 1.807) is 4.31 Å². The van der Waals surface area contributed by atoms with Crippen LogP contribution in [-0.4, -0.2) is 37.9 Å². The van der Waals surface area contributed by atoms with Crippen LogP contribution >= 0.6 is 38.9 Å². The molecule has 0 bridgehead atoms. The number of hydrogen-bond donors (Lipinski definition) is 1. The molecule has 1 unspecified atom stereocenters. The van der Waals surface area contributed by atoms with Crippen molar-refractivity contribution in [1.82, 2.24) is 9.62 Å². The summed E-state index contributed by atoms with van der Waals surface area (Å²) in [5.74, 6) is 0. The SMILES string of the molecule is CC(C)N(CC1CCCCN1)S(=O)(=O)c1cc(Cl)c(Br)s1. The van der Waals surface area contributed by atoms with Gasteiger partial charge >= 0.3 is 0 Å². The summed E-state index contributed by atoms with van der Waals surface area (Å²) in [5.41, 5.74) is 0. The Morgan fingerprint density at radius 3 is 2.71 bits per heavy atom. The largest absolute Gasteiger partial charge is 0.313 e. The monoisotopic (exact) mass is 414 g/mol. The molecule has 1 fully saturated rings. The Labute approximate surface area is 144 Å². The van der Waals surface area contributed by atoms with Crippen LogP contribution in [0.5, 0.6) is 0 Å². The Morgan fingerprint density at radius 1 is 1.52 bits per heavy atom. The minimum absolute atomic E-state index is 0.0848. The molecule has 0 saturated carbocycles. The zero-order valence-electron chi connectivity index (χ0n) is 12.1. The van der Waals surface area contributed by atoms with E-state index in [0.717, 1.165) is 30.7 Å². The number of thiophene rings is 1. The van der Waals surface area contributed by atoms with Crippen molar-refractivity contribution in [2.75, 3.05) is 13.1 Å². The van der Waals surface area contributed by atoms with Gasteiger partial charge in [-0.2, -0.15) is 4.31 Å². The molecule has 21 heavy (non-hydrogen) atoms. The van der Waals surface area contributed by atoms with Crippen LogP contribution in [0.3, 0.4) is 0 Å². The minimum Gasteiger partial charge on any atom is -0.313 e. The number of hydrogen-bond acceptors (Lipinski definition) is 4. The molecular formula is C13H20BrClN2O2S2. The third-order valence-corrected chi connectivity index (χ3v) is 8.54. The first-order chi connectivity index (χ1) is 9.82.